The molecule has 3 aromatic heterocycles. The van der Waals surface area contributed by atoms with Crippen LogP contribution in [-0.4, -0.2) is 100 Å². The van der Waals surface area contributed by atoms with Gasteiger partial charge < -0.3 is 30.5 Å². The molecule has 2 aliphatic heterocycles. The van der Waals surface area contributed by atoms with Gasteiger partial charge in [-0.15, -0.1) is 10.2 Å². The summed E-state index contributed by atoms with van der Waals surface area (Å²) < 4.78 is 7.69. The van der Waals surface area contributed by atoms with Crippen LogP contribution in [0.1, 0.15) is 54.5 Å². The summed E-state index contributed by atoms with van der Waals surface area (Å²) in [4.78, 5) is 16.8. The molecule has 0 bridgehead atoms. The fourth-order valence-corrected chi connectivity index (χ4v) is 6.20. The number of H-pyrrole nitrogens is 1. The monoisotopic (exact) mass is 611 g/mol. The summed E-state index contributed by atoms with van der Waals surface area (Å²) in [5.74, 6) is 1.19. The Kier molecular flexibility index (Phi) is 8.60. The molecule has 0 amide bonds. The van der Waals surface area contributed by atoms with Crippen molar-refractivity contribution in [2.24, 2.45) is 0 Å². The van der Waals surface area contributed by atoms with Crippen LogP contribution in [0.15, 0.2) is 67.0 Å². The second-order valence-corrected chi connectivity index (χ2v) is 11.5. The van der Waals surface area contributed by atoms with E-state index in [1.54, 1.807) is 10.9 Å². The number of piperidine rings is 1. The van der Waals surface area contributed by atoms with Gasteiger partial charge in [0, 0.05) is 25.6 Å². The molecule has 0 aliphatic carbocycles. The molecular formula is C31H37N11O3. The summed E-state index contributed by atoms with van der Waals surface area (Å²) in [6.07, 6.45) is 0.761. The van der Waals surface area contributed by atoms with E-state index in [9.17, 15) is 10.2 Å². The van der Waals surface area contributed by atoms with Crippen molar-refractivity contribution >= 4 is 22.9 Å². The van der Waals surface area contributed by atoms with Crippen LogP contribution in [0.2, 0.25) is 0 Å². The zero-order chi connectivity index (χ0) is 30.6. The summed E-state index contributed by atoms with van der Waals surface area (Å²) in [5.41, 5.74) is 3.32. The number of hydrogen-bond donors (Lipinski definition) is 5. The highest BCUT2D eigenvalue weighted by Gasteiger charge is 2.47. The highest BCUT2D eigenvalue weighted by molar-refractivity contribution is 5.84. The maximum atomic E-state index is 11.0. The number of aliphatic hydroxyl groups excluding tert-OH is 2. The van der Waals surface area contributed by atoms with Crippen LogP contribution < -0.4 is 10.6 Å². The highest BCUT2D eigenvalue weighted by atomic mass is 16.6. The summed E-state index contributed by atoms with van der Waals surface area (Å²) in [6.45, 7) is 4.32. The lowest BCUT2D eigenvalue weighted by Crippen LogP contribution is -2.34. The van der Waals surface area contributed by atoms with E-state index in [2.05, 4.69) is 65.4 Å². The number of aromatic nitrogens is 8. The maximum Gasteiger partial charge on any atom is 0.226 e. The fraction of sp³-hybridized carbons (Fsp3) is 0.419. The van der Waals surface area contributed by atoms with Crippen LogP contribution >= 0.6 is 0 Å². The molecule has 2 saturated heterocycles. The third-order valence-corrected chi connectivity index (χ3v) is 8.59. The number of fused-ring (bicyclic) bond motifs is 1. The number of benzene rings is 2. The van der Waals surface area contributed by atoms with Crippen LogP contribution in [0.5, 0.6) is 0 Å². The van der Waals surface area contributed by atoms with Crippen LogP contribution in [0.25, 0.3) is 11.2 Å². The molecule has 2 fully saturated rings. The Balaban J connectivity index is 1.20. The van der Waals surface area contributed by atoms with Crippen molar-refractivity contribution in [3.63, 3.8) is 0 Å². The van der Waals surface area contributed by atoms with Gasteiger partial charge in [-0.3, -0.25) is 4.57 Å². The lowest BCUT2D eigenvalue weighted by molar-refractivity contribution is -0.0383. The minimum atomic E-state index is -1.28. The molecule has 4 atom stereocenters. The number of hydrogen-bond acceptors (Lipinski definition) is 12. The van der Waals surface area contributed by atoms with Gasteiger partial charge in [-0.2, -0.15) is 15.2 Å². The number of aromatic amines is 1. The third-order valence-electron chi connectivity index (χ3n) is 8.59. The SMILES string of the molecule is O[C@@H]1[C@H](O)[C@@H](c2nn[nH]n2)O[C@H]1n1cnc2c(NCC(c3ccccc3)c3ccccc3)nc(NCCN3CCCCC3)nc21. The molecule has 0 radical (unpaired) electrons. The van der Waals surface area contributed by atoms with Crippen molar-refractivity contribution in [3.05, 3.63) is 83.9 Å². The van der Waals surface area contributed by atoms with Gasteiger partial charge in [0.05, 0.1) is 6.33 Å². The van der Waals surface area contributed by atoms with E-state index in [0.717, 1.165) is 19.6 Å². The predicted octanol–water partition coefficient (Wildman–Crippen LogP) is 2.47. The minimum absolute atomic E-state index is 0.0564. The summed E-state index contributed by atoms with van der Waals surface area (Å²) in [7, 11) is 0. The molecule has 14 nitrogen and oxygen atoms in total. The number of likely N-dealkylation sites (tertiary alicyclic amines) is 1. The third kappa shape index (κ3) is 6.22. The van der Waals surface area contributed by atoms with Gasteiger partial charge in [0.15, 0.2) is 29.3 Å². The van der Waals surface area contributed by atoms with Crippen LogP contribution in [0.3, 0.4) is 0 Å². The van der Waals surface area contributed by atoms with E-state index in [1.165, 1.54) is 30.4 Å². The molecule has 2 aliphatic rings. The standard InChI is InChI=1S/C31H37N11O3/c43-24-25(44)30(45-26(24)28-37-39-40-38-28)42-19-34-23-27(35-31(36-29(23)42)32-14-17-41-15-8-3-9-16-41)33-18-22(20-10-4-1-5-11-20)21-12-6-2-7-13-21/h1-2,4-7,10-13,19,22,24-26,30,43-44H,3,8-9,14-18H2,(H2,32,33,35,36)(H,37,38,39,40)/t24-,25+,26-,30+/m0/s1. The van der Waals surface area contributed by atoms with Gasteiger partial charge in [0.2, 0.25) is 11.8 Å². The fourth-order valence-electron chi connectivity index (χ4n) is 6.20. The molecule has 0 saturated carbocycles. The van der Waals surface area contributed by atoms with Crippen molar-refractivity contribution in [3.8, 4) is 0 Å². The molecule has 0 spiro atoms. The number of anilines is 2. The van der Waals surface area contributed by atoms with Gasteiger partial charge in [0.25, 0.3) is 0 Å². The molecule has 5 aromatic rings. The van der Waals surface area contributed by atoms with Crippen molar-refractivity contribution in [1.29, 1.82) is 0 Å². The number of imidazole rings is 1. The van der Waals surface area contributed by atoms with E-state index in [1.807, 2.05) is 36.4 Å². The molecular weight excluding hydrogens is 574 g/mol. The first-order valence-electron chi connectivity index (χ1n) is 15.4. The van der Waals surface area contributed by atoms with E-state index < -0.39 is 24.5 Å². The Labute approximate surface area is 259 Å². The van der Waals surface area contributed by atoms with Crippen LogP contribution in [-0.2, 0) is 4.74 Å². The number of nitrogens with zero attached hydrogens (tertiary/aromatic N) is 8. The van der Waals surface area contributed by atoms with Crippen molar-refractivity contribution in [2.45, 2.75) is 49.7 Å². The first-order valence-corrected chi connectivity index (χ1v) is 15.4. The number of aliphatic hydroxyl groups is 2. The van der Waals surface area contributed by atoms with E-state index in [4.69, 9.17) is 14.7 Å². The Hall–Kier alpha value is -4.50. The molecule has 0 unspecified atom stereocenters. The lowest BCUT2D eigenvalue weighted by atomic mass is 9.91. The Bertz CT molecular complexity index is 1620. The number of ether oxygens (including phenoxy) is 1. The highest BCUT2D eigenvalue weighted by Crippen LogP contribution is 2.39. The smallest absolute Gasteiger partial charge is 0.226 e. The quantitative estimate of drug-likeness (QED) is 0.148. The molecule has 45 heavy (non-hydrogen) atoms. The molecule has 7 rings (SSSR count). The van der Waals surface area contributed by atoms with Gasteiger partial charge in [-0.25, -0.2) is 4.98 Å². The Morgan fingerprint density at radius 1 is 0.911 bits per heavy atom. The number of rotatable bonds is 11. The summed E-state index contributed by atoms with van der Waals surface area (Å²) in [6, 6.07) is 20.7. The van der Waals surface area contributed by atoms with E-state index in [0.29, 0.717) is 36.0 Å². The first-order chi connectivity index (χ1) is 22.2. The zero-order valence-corrected chi connectivity index (χ0v) is 24.8. The second-order valence-electron chi connectivity index (χ2n) is 11.5. The average molecular weight is 612 g/mol. The molecule has 14 heteroatoms. The number of nitrogens with one attached hydrogen (secondary N) is 3. The van der Waals surface area contributed by atoms with E-state index >= 15 is 0 Å². The van der Waals surface area contributed by atoms with Gasteiger partial charge in [0.1, 0.15) is 12.2 Å². The van der Waals surface area contributed by atoms with E-state index in [-0.39, 0.29) is 11.7 Å². The topological polar surface area (TPSA) is 175 Å². The molecule has 5 heterocycles. The van der Waals surface area contributed by atoms with Crippen molar-refractivity contribution in [1.82, 2.24) is 45.0 Å². The van der Waals surface area contributed by atoms with Gasteiger partial charge in [-0.05, 0) is 37.1 Å². The van der Waals surface area contributed by atoms with Gasteiger partial charge >= 0.3 is 0 Å². The largest absolute Gasteiger partial charge is 0.387 e. The second kappa shape index (κ2) is 13.2. The maximum absolute atomic E-state index is 11.0. The van der Waals surface area contributed by atoms with Gasteiger partial charge in [-0.1, -0.05) is 72.3 Å². The molecule has 2 aromatic carbocycles. The summed E-state index contributed by atoms with van der Waals surface area (Å²) in [5, 5.41) is 42.6. The normalized spacial score (nSPS) is 22.3. The molecule has 234 valence electrons. The predicted molar refractivity (Wildman–Crippen MR) is 166 cm³/mol. The average Bonchev–Trinajstić information content (AvgIpc) is 3.83. The Morgan fingerprint density at radius 2 is 1.64 bits per heavy atom. The Morgan fingerprint density at radius 3 is 2.33 bits per heavy atom. The minimum Gasteiger partial charge on any atom is -0.387 e. The number of tetrazole rings is 1. The first kappa shape index (κ1) is 29.2. The van der Waals surface area contributed by atoms with Crippen LogP contribution in [0, 0.1) is 0 Å². The lowest BCUT2D eigenvalue weighted by Gasteiger charge is -2.26. The zero-order valence-electron chi connectivity index (χ0n) is 24.8. The summed E-state index contributed by atoms with van der Waals surface area (Å²) >= 11 is 0. The van der Waals surface area contributed by atoms with Crippen LogP contribution in [0.4, 0.5) is 11.8 Å². The van der Waals surface area contributed by atoms with Crippen molar-refractivity contribution in [2.75, 3.05) is 43.4 Å². The van der Waals surface area contributed by atoms with Crippen molar-refractivity contribution < 1.29 is 14.9 Å². The molecule has 5 N–H and O–H groups in total.